The summed E-state index contributed by atoms with van der Waals surface area (Å²) in [6.07, 6.45) is 7.14. The van der Waals surface area contributed by atoms with Crippen molar-refractivity contribution in [1.82, 2.24) is 14.9 Å². The van der Waals surface area contributed by atoms with Gasteiger partial charge in [-0.2, -0.15) is 0 Å². The van der Waals surface area contributed by atoms with Gasteiger partial charge in [0.25, 0.3) is 5.56 Å². The first-order valence-electron chi connectivity index (χ1n) is 8.45. The fourth-order valence-electron chi connectivity index (χ4n) is 2.67. The molecule has 0 radical (unpaired) electrons. The van der Waals surface area contributed by atoms with Crippen molar-refractivity contribution >= 4 is 32.7 Å². The van der Waals surface area contributed by atoms with E-state index in [1.807, 2.05) is 13.0 Å². The van der Waals surface area contributed by atoms with Crippen molar-refractivity contribution in [2.75, 3.05) is 0 Å². The Morgan fingerprint density at radius 1 is 1.33 bits per heavy atom. The van der Waals surface area contributed by atoms with Crippen molar-refractivity contribution in [2.45, 2.75) is 58.5 Å². The normalized spacial score (nSPS) is 12.3. The average molecular weight is 394 g/mol. The highest BCUT2D eigenvalue weighted by Gasteiger charge is 2.11. The minimum atomic E-state index is -0.202. The lowest BCUT2D eigenvalue weighted by Crippen LogP contribution is -2.37. The van der Waals surface area contributed by atoms with E-state index in [1.165, 1.54) is 30.2 Å². The fraction of sp³-hybridized carbons (Fsp3) is 0.500. The molecule has 2 rings (SSSR count). The number of aromatic nitrogens is 2. The highest BCUT2D eigenvalue weighted by atomic mass is 79.9. The van der Waals surface area contributed by atoms with Gasteiger partial charge in [-0.05, 0) is 31.5 Å². The second-order valence-corrected chi connectivity index (χ2v) is 7.07. The van der Waals surface area contributed by atoms with E-state index >= 15 is 0 Å². The molecule has 130 valence electrons. The van der Waals surface area contributed by atoms with Gasteiger partial charge in [0.1, 0.15) is 6.54 Å². The second-order valence-electron chi connectivity index (χ2n) is 6.16. The Kier molecular flexibility index (Phi) is 6.97. The first-order valence-corrected chi connectivity index (χ1v) is 9.24. The summed E-state index contributed by atoms with van der Waals surface area (Å²) >= 11 is 3.35. The van der Waals surface area contributed by atoms with Crippen LogP contribution < -0.4 is 10.9 Å². The van der Waals surface area contributed by atoms with Gasteiger partial charge in [-0.1, -0.05) is 48.5 Å². The van der Waals surface area contributed by atoms with Crippen molar-refractivity contribution in [3.8, 4) is 0 Å². The molecule has 0 saturated carbocycles. The number of amides is 1. The van der Waals surface area contributed by atoms with Crippen LogP contribution in [0.15, 0.2) is 33.8 Å². The minimum absolute atomic E-state index is 0.00636. The van der Waals surface area contributed by atoms with Gasteiger partial charge in [-0.3, -0.25) is 14.2 Å². The van der Waals surface area contributed by atoms with E-state index in [0.29, 0.717) is 10.9 Å². The summed E-state index contributed by atoms with van der Waals surface area (Å²) in [6, 6.07) is 5.47. The smallest absolute Gasteiger partial charge is 0.261 e. The predicted octanol–water partition coefficient (Wildman–Crippen LogP) is 3.63. The van der Waals surface area contributed by atoms with Crippen molar-refractivity contribution < 1.29 is 4.79 Å². The Morgan fingerprint density at radius 3 is 2.88 bits per heavy atom. The van der Waals surface area contributed by atoms with Gasteiger partial charge in [0.15, 0.2) is 0 Å². The first kappa shape index (κ1) is 18.6. The number of rotatable bonds is 8. The van der Waals surface area contributed by atoms with E-state index in [1.54, 1.807) is 12.1 Å². The summed E-state index contributed by atoms with van der Waals surface area (Å²) in [6.45, 7) is 4.18. The standard InChI is InChI=1S/C18H24BrN3O2/c1-3-4-5-6-7-13(2)21-17(23)11-22-12-20-16-9-8-14(19)10-15(16)18(22)24/h8-10,12-13H,3-7,11H2,1-2H3,(H,21,23)/t13-/m0/s1. The minimum Gasteiger partial charge on any atom is -0.352 e. The second kappa shape index (κ2) is 8.97. The molecule has 1 aromatic carbocycles. The molecule has 1 heterocycles. The molecule has 0 aliphatic carbocycles. The van der Waals surface area contributed by atoms with Crippen LogP contribution in [0.4, 0.5) is 0 Å². The maximum absolute atomic E-state index is 12.5. The lowest BCUT2D eigenvalue weighted by molar-refractivity contribution is -0.122. The van der Waals surface area contributed by atoms with Crippen LogP contribution in [0.2, 0.25) is 0 Å². The van der Waals surface area contributed by atoms with Crippen LogP contribution in [0.3, 0.4) is 0 Å². The predicted molar refractivity (Wildman–Crippen MR) is 100 cm³/mol. The Morgan fingerprint density at radius 2 is 2.12 bits per heavy atom. The molecule has 0 fully saturated rings. The van der Waals surface area contributed by atoms with E-state index in [9.17, 15) is 9.59 Å². The van der Waals surface area contributed by atoms with Crippen LogP contribution in [0.25, 0.3) is 10.9 Å². The molecule has 0 unspecified atom stereocenters. The van der Waals surface area contributed by atoms with Gasteiger partial charge in [0.2, 0.25) is 5.91 Å². The van der Waals surface area contributed by atoms with E-state index in [2.05, 4.69) is 33.2 Å². The third-order valence-electron chi connectivity index (χ3n) is 4.00. The summed E-state index contributed by atoms with van der Waals surface area (Å²) < 4.78 is 2.17. The van der Waals surface area contributed by atoms with Gasteiger partial charge in [0, 0.05) is 10.5 Å². The zero-order valence-electron chi connectivity index (χ0n) is 14.2. The van der Waals surface area contributed by atoms with Crippen LogP contribution in [0.1, 0.15) is 46.0 Å². The number of hydrogen-bond donors (Lipinski definition) is 1. The third-order valence-corrected chi connectivity index (χ3v) is 4.49. The molecule has 0 saturated heterocycles. The summed E-state index contributed by atoms with van der Waals surface area (Å²) in [5.41, 5.74) is 0.427. The molecule has 1 N–H and O–H groups in total. The zero-order valence-corrected chi connectivity index (χ0v) is 15.8. The van der Waals surface area contributed by atoms with Crippen LogP contribution in [-0.4, -0.2) is 21.5 Å². The first-order chi connectivity index (χ1) is 11.5. The molecular weight excluding hydrogens is 370 g/mol. The highest BCUT2D eigenvalue weighted by molar-refractivity contribution is 9.10. The van der Waals surface area contributed by atoms with Crippen molar-refractivity contribution in [3.05, 3.63) is 39.4 Å². The van der Waals surface area contributed by atoms with Crippen LogP contribution in [-0.2, 0) is 11.3 Å². The van der Waals surface area contributed by atoms with Crippen LogP contribution in [0.5, 0.6) is 0 Å². The van der Waals surface area contributed by atoms with E-state index in [0.717, 1.165) is 17.3 Å². The molecule has 2 aromatic rings. The number of nitrogens with one attached hydrogen (secondary N) is 1. The molecule has 0 bridgehead atoms. The Balaban J connectivity index is 1.98. The van der Waals surface area contributed by atoms with Crippen molar-refractivity contribution in [3.63, 3.8) is 0 Å². The maximum atomic E-state index is 12.5. The van der Waals surface area contributed by atoms with Crippen molar-refractivity contribution in [2.24, 2.45) is 0 Å². The van der Waals surface area contributed by atoms with E-state index in [-0.39, 0.29) is 24.1 Å². The molecular formula is C18H24BrN3O2. The van der Waals surface area contributed by atoms with Crippen molar-refractivity contribution in [1.29, 1.82) is 0 Å². The molecule has 24 heavy (non-hydrogen) atoms. The topological polar surface area (TPSA) is 64.0 Å². The Hall–Kier alpha value is -1.69. The van der Waals surface area contributed by atoms with E-state index in [4.69, 9.17) is 0 Å². The number of hydrogen-bond acceptors (Lipinski definition) is 3. The molecule has 1 atom stereocenters. The summed E-state index contributed by atoms with van der Waals surface area (Å²) in [7, 11) is 0. The van der Waals surface area contributed by atoms with Crippen LogP contribution >= 0.6 is 15.9 Å². The lowest BCUT2D eigenvalue weighted by atomic mass is 10.1. The molecule has 1 amide bonds. The lowest BCUT2D eigenvalue weighted by Gasteiger charge is -2.14. The van der Waals surface area contributed by atoms with Gasteiger partial charge in [-0.15, -0.1) is 0 Å². The van der Waals surface area contributed by atoms with Gasteiger partial charge in [-0.25, -0.2) is 4.98 Å². The summed E-state index contributed by atoms with van der Waals surface area (Å²) in [4.78, 5) is 28.9. The molecule has 1 aromatic heterocycles. The van der Waals surface area contributed by atoms with Gasteiger partial charge < -0.3 is 5.32 Å². The highest BCUT2D eigenvalue weighted by Crippen LogP contribution is 2.14. The van der Waals surface area contributed by atoms with Gasteiger partial charge >= 0.3 is 0 Å². The molecule has 6 heteroatoms. The number of carbonyl (C=O) groups is 1. The number of benzene rings is 1. The molecule has 0 spiro atoms. The number of fused-ring (bicyclic) bond motifs is 1. The number of nitrogens with zero attached hydrogens (tertiary/aromatic N) is 2. The zero-order chi connectivity index (χ0) is 17.5. The summed E-state index contributed by atoms with van der Waals surface area (Å²) in [5, 5.41) is 3.46. The molecule has 5 nitrogen and oxygen atoms in total. The quantitative estimate of drug-likeness (QED) is 0.696. The SMILES string of the molecule is CCCCCC[C@H](C)NC(=O)Cn1cnc2ccc(Br)cc2c1=O. The number of carbonyl (C=O) groups excluding carboxylic acids is 1. The molecule has 0 aliphatic heterocycles. The maximum Gasteiger partial charge on any atom is 0.261 e. The largest absolute Gasteiger partial charge is 0.352 e. The van der Waals surface area contributed by atoms with Crippen LogP contribution in [0, 0.1) is 0 Å². The Labute approximate surface area is 150 Å². The molecule has 0 aliphatic rings. The van der Waals surface area contributed by atoms with E-state index < -0.39 is 0 Å². The number of unbranched alkanes of at least 4 members (excludes halogenated alkanes) is 3. The summed E-state index contributed by atoms with van der Waals surface area (Å²) in [5.74, 6) is -0.156. The van der Waals surface area contributed by atoms with Gasteiger partial charge in [0.05, 0.1) is 17.2 Å². The Bertz CT molecular complexity index is 758. The number of halogens is 1. The fourth-order valence-corrected chi connectivity index (χ4v) is 3.03. The third kappa shape index (κ3) is 5.16. The average Bonchev–Trinajstić information content (AvgIpc) is 2.54. The monoisotopic (exact) mass is 393 g/mol.